The molecular formula is C22H14N4O5S. The largest absolute Gasteiger partial charge is 0.480 e. The molecule has 2 aromatic carbocycles. The van der Waals surface area contributed by atoms with Crippen LogP contribution in [-0.4, -0.2) is 38.1 Å². The molecule has 4 aromatic rings. The van der Waals surface area contributed by atoms with Crippen LogP contribution in [0.5, 0.6) is 0 Å². The van der Waals surface area contributed by atoms with Gasteiger partial charge in [0.25, 0.3) is 17.0 Å². The molecule has 0 bridgehead atoms. The van der Waals surface area contributed by atoms with Crippen LogP contribution in [0, 0.1) is 0 Å². The van der Waals surface area contributed by atoms with E-state index >= 15 is 0 Å². The molecule has 158 valence electrons. The van der Waals surface area contributed by atoms with Gasteiger partial charge in [0, 0.05) is 12.0 Å². The van der Waals surface area contributed by atoms with Gasteiger partial charge in [0.2, 0.25) is 4.96 Å². The van der Waals surface area contributed by atoms with Gasteiger partial charge < -0.3 is 5.11 Å². The normalized spacial score (nSPS) is 14.8. The summed E-state index contributed by atoms with van der Waals surface area (Å²) < 4.78 is 1.09. The van der Waals surface area contributed by atoms with E-state index in [4.69, 9.17) is 0 Å². The lowest BCUT2D eigenvalue weighted by Crippen LogP contribution is -2.35. The van der Waals surface area contributed by atoms with Crippen LogP contribution in [0.4, 0.5) is 5.69 Å². The molecule has 0 spiro atoms. The monoisotopic (exact) mass is 446 g/mol. The highest BCUT2D eigenvalue weighted by Crippen LogP contribution is 2.34. The van der Waals surface area contributed by atoms with Crippen molar-refractivity contribution < 1.29 is 14.7 Å². The van der Waals surface area contributed by atoms with Crippen LogP contribution in [0.15, 0.2) is 64.2 Å². The molecule has 9 nitrogen and oxygen atoms in total. The molecule has 1 N–H and O–H groups in total. The third kappa shape index (κ3) is 3.17. The maximum Gasteiger partial charge on any atom is 0.323 e. The number of rotatable bonds is 4. The standard InChI is InChI=1S/C22H14N4O5S/c27-16(28)11-25-15-9-5-4-8-13(15)17(20(25)30)18-21(31)26-22(32-18)23-19(29)14(24-26)10-12-6-2-1-3-7-12/h1-9H,10-11H2,(H,27,28)/b18-17-. The second-order valence-corrected chi connectivity index (χ2v) is 8.11. The van der Waals surface area contributed by atoms with Crippen LogP contribution < -0.4 is 20.6 Å². The lowest BCUT2D eigenvalue weighted by atomic mass is 10.1. The van der Waals surface area contributed by atoms with E-state index in [2.05, 4.69) is 10.1 Å². The molecule has 0 saturated heterocycles. The average molecular weight is 446 g/mol. The molecule has 0 fully saturated rings. The minimum atomic E-state index is -1.17. The van der Waals surface area contributed by atoms with Crippen molar-refractivity contribution in [1.29, 1.82) is 0 Å². The zero-order valence-corrected chi connectivity index (χ0v) is 17.2. The Balaban J connectivity index is 1.72. The Kier molecular flexibility index (Phi) is 4.63. The van der Waals surface area contributed by atoms with Crippen molar-refractivity contribution in [2.75, 3.05) is 11.4 Å². The zero-order valence-electron chi connectivity index (χ0n) is 16.4. The van der Waals surface area contributed by atoms with Crippen LogP contribution in [0.3, 0.4) is 0 Å². The van der Waals surface area contributed by atoms with Crippen molar-refractivity contribution in [1.82, 2.24) is 14.6 Å². The highest BCUT2D eigenvalue weighted by atomic mass is 32.1. The van der Waals surface area contributed by atoms with Crippen LogP contribution >= 0.6 is 11.3 Å². The number of hydrogen-bond acceptors (Lipinski definition) is 7. The summed E-state index contributed by atoms with van der Waals surface area (Å²) in [4.78, 5) is 55.2. The van der Waals surface area contributed by atoms with Crippen molar-refractivity contribution in [3.63, 3.8) is 0 Å². The molecule has 32 heavy (non-hydrogen) atoms. The fraction of sp³-hybridized carbons (Fsp3) is 0.0909. The summed E-state index contributed by atoms with van der Waals surface area (Å²) in [5.74, 6) is -1.77. The number of anilines is 1. The predicted octanol–water partition coefficient (Wildman–Crippen LogP) is 0.451. The van der Waals surface area contributed by atoms with E-state index in [1.807, 2.05) is 30.3 Å². The van der Waals surface area contributed by atoms with Gasteiger partial charge in [-0.3, -0.25) is 24.1 Å². The van der Waals surface area contributed by atoms with Gasteiger partial charge in [-0.1, -0.05) is 59.9 Å². The smallest absolute Gasteiger partial charge is 0.323 e. The summed E-state index contributed by atoms with van der Waals surface area (Å²) in [5.41, 5.74) is 0.786. The number of amides is 1. The van der Waals surface area contributed by atoms with E-state index in [1.165, 1.54) is 0 Å². The number of carboxylic acid groups (broad SMARTS) is 1. The first-order valence-corrected chi connectivity index (χ1v) is 10.4. The fourth-order valence-corrected chi connectivity index (χ4v) is 4.68. The number of thiazole rings is 1. The third-order valence-electron chi connectivity index (χ3n) is 5.08. The van der Waals surface area contributed by atoms with Gasteiger partial charge in [-0.05, 0) is 11.6 Å². The van der Waals surface area contributed by atoms with E-state index in [-0.39, 0.29) is 27.2 Å². The van der Waals surface area contributed by atoms with Gasteiger partial charge in [-0.2, -0.15) is 14.6 Å². The highest BCUT2D eigenvalue weighted by Gasteiger charge is 2.35. The van der Waals surface area contributed by atoms with E-state index in [9.17, 15) is 24.3 Å². The molecule has 1 aliphatic rings. The maximum atomic E-state index is 13.2. The quantitative estimate of drug-likeness (QED) is 0.483. The highest BCUT2D eigenvalue weighted by molar-refractivity contribution is 7.15. The molecule has 0 unspecified atom stereocenters. The molecule has 10 heteroatoms. The number of carboxylic acids is 1. The summed E-state index contributed by atoms with van der Waals surface area (Å²) in [6.07, 6.45) is 0.213. The summed E-state index contributed by atoms with van der Waals surface area (Å²) in [7, 11) is 0. The molecular weight excluding hydrogens is 432 g/mol. The Hall–Kier alpha value is -4.18. The predicted molar refractivity (Wildman–Crippen MR) is 117 cm³/mol. The number of fused-ring (bicyclic) bond motifs is 2. The van der Waals surface area contributed by atoms with E-state index in [0.717, 1.165) is 26.3 Å². The summed E-state index contributed by atoms with van der Waals surface area (Å²) >= 11 is 0.883. The van der Waals surface area contributed by atoms with Gasteiger partial charge in [-0.25, -0.2) is 0 Å². The molecule has 0 aliphatic carbocycles. The van der Waals surface area contributed by atoms with Crippen LogP contribution in [0.25, 0.3) is 10.5 Å². The molecule has 1 aliphatic heterocycles. The number of aromatic nitrogens is 3. The fourth-order valence-electron chi connectivity index (χ4n) is 3.68. The molecule has 0 saturated carbocycles. The first kappa shape index (κ1) is 19.8. The van der Waals surface area contributed by atoms with E-state index in [1.54, 1.807) is 24.3 Å². The molecule has 0 atom stereocenters. The average Bonchev–Trinajstić information content (AvgIpc) is 3.22. The number of carbonyl (C=O) groups excluding carboxylic acids is 1. The number of para-hydroxylation sites is 1. The Morgan fingerprint density at radius 1 is 1.00 bits per heavy atom. The van der Waals surface area contributed by atoms with Crippen LogP contribution in [-0.2, 0) is 16.0 Å². The van der Waals surface area contributed by atoms with Gasteiger partial charge in [0.05, 0.1) is 11.3 Å². The molecule has 0 radical (unpaired) electrons. The van der Waals surface area contributed by atoms with Gasteiger partial charge in [0.15, 0.2) is 0 Å². The zero-order chi connectivity index (χ0) is 22.4. The summed E-state index contributed by atoms with van der Waals surface area (Å²) in [6, 6.07) is 15.9. The number of benzene rings is 2. The van der Waals surface area contributed by atoms with Crippen LogP contribution in [0.1, 0.15) is 16.8 Å². The summed E-state index contributed by atoms with van der Waals surface area (Å²) in [5, 5.41) is 13.4. The minimum Gasteiger partial charge on any atom is -0.480 e. The van der Waals surface area contributed by atoms with Crippen molar-refractivity contribution in [2.24, 2.45) is 0 Å². The van der Waals surface area contributed by atoms with Crippen LogP contribution in [0.2, 0.25) is 0 Å². The van der Waals surface area contributed by atoms with E-state index in [0.29, 0.717) is 11.3 Å². The Bertz CT molecular complexity index is 1580. The Labute approximate surface area is 183 Å². The lowest BCUT2D eigenvalue weighted by molar-refractivity contribution is -0.136. The topological polar surface area (TPSA) is 122 Å². The SMILES string of the molecule is O=C(O)CN1C(=O)/C(=c2\sc3nc(=O)c(Cc4ccccc4)nn3c2=O)c2ccccc21. The molecule has 3 heterocycles. The van der Waals surface area contributed by atoms with Gasteiger partial charge in [-0.15, -0.1) is 0 Å². The summed E-state index contributed by atoms with van der Waals surface area (Å²) in [6.45, 7) is -0.534. The molecule has 2 aromatic heterocycles. The van der Waals surface area contributed by atoms with Crippen molar-refractivity contribution >= 4 is 39.4 Å². The Morgan fingerprint density at radius 3 is 2.47 bits per heavy atom. The second kappa shape index (κ2) is 7.50. The third-order valence-corrected chi connectivity index (χ3v) is 6.11. The first-order chi connectivity index (χ1) is 15.4. The van der Waals surface area contributed by atoms with E-state index < -0.39 is 29.5 Å². The number of carbonyl (C=O) groups is 2. The first-order valence-electron chi connectivity index (χ1n) is 9.58. The lowest BCUT2D eigenvalue weighted by Gasteiger charge is -2.13. The number of aliphatic carboxylic acids is 1. The Morgan fingerprint density at radius 2 is 1.72 bits per heavy atom. The second-order valence-electron chi connectivity index (χ2n) is 7.13. The maximum absolute atomic E-state index is 13.2. The van der Waals surface area contributed by atoms with Crippen molar-refractivity contribution in [2.45, 2.75) is 6.42 Å². The number of hydrogen-bond donors (Lipinski definition) is 1. The molecule has 5 rings (SSSR count). The van der Waals surface area contributed by atoms with Crippen molar-refractivity contribution in [3.05, 3.63) is 96.7 Å². The minimum absolute atomic E-state index is 0.0617. The van der Waals surface area contributed by atoms with Crippen molar-refractivity contribution in [3.8, 4) is 0 Å². The van der Waals surface area contributed by atoms with Gasteiger partial charge in [0.1, 0.15) is 16.8 Å². The number of nitrogens with zero attached hydrogens (tertiary/aromatic N) is 4. The molecule has 1 amide bonds. The van der Waals surface area contributed by atoms with Gasteiger partial charge >= 0.3 is 5.97 Å².